The molecule has 0 radical (unpaired) electrons. The van der Waals surface area contributed by atoms with Crippen molar-refractivity contribution in [3.05, 3.63) is 46.5 Å². The van der Waals surface area contributed by atoms with E-state index in [0.29, 0.717) is 0 Å². The molecule has 1 aromatic heterocycles. The van der Waals surface area contributed by atoms with Crippen molar-refractivity contribution in [2.24, 2.45) is 0 Å². The molecule has 1 unspecified atom stereocenters. The molecule has 1 N–H and O–H groups in total. The standard InChI is InChI=1S/C13H16N2OS/c1-13(2,3)12-11(17-15-14-12)10(16)9-7-5-4-6-8-9/h4-8,10,16H,1-3H3. The highest BCUT2D eigenvalue weighted by Crippen LogP contribution is 2.33. The molecule has 0 amide bonds. The van der Waals surface area contributed by atoms with Crippen molar-refractivity contribution in [2.75, 3.05) is 0 Å². The molecular formula is C13H16N2OS. The number of aromatic nitrogens is 2. The first-order chi connectivity index (χ1) is 8.00. The molecule has 1 aromatic carbocycles. The van der Waals surface area contributed by atoms with Gasteiger partial charge in [-0.1, -0.05) is 55.6 Å². The van der Waals surface area contributed by atoms with Gasteiger partial charge in [0.05, 0.1) is 10.6 Å². The van der Waals surface area contributed by atoms with Crippen LogP contribution in [0.15, 0.2) is 30.3 Å². The average molecular weight is 248 g/mol. The highest BCUT2D eigenvalue weighted by molar-refractivity contribution is 7.05. The smallest absolute Gasteiger partial charge is 0.117 e. The Bertz CT molecular complexity index is 488. The first kappa shape index (κ1) is 12.2. The number of hydrogen-bond donors (Lipinski definition) is 1. The van der Waals surface area contributed by atoms with Gasteiger partial charge in [0.1, 0.15) is 6.10 Å². The van der Waals surface area contributed by atoms with Crippen LogP contribution in [0.1, 0.15) is 43.0 Å². The lowest BCUT2D eigenvalue weighted by molar-refractivity contribution is 0.221. The second kappa shape index (κ2) is 4.55. The topological polar surface area (TPSA) is 46.0 Å². The van der Waals surface area contributed by atoms with E-state index < -0.39 is 6.10 Å². The first-order valence-corrected chi connectivity index (χ1v) is 6.33. The third-order valence-electron chi connectivity index (χ3n) is 2.59. The minimum Gasteiger partial charge on any atom is -0.383 e. The van der Waals surface area contributed by atoms with Crippen LogP contribution in [0, 0.1) is 0 Å². The van der Waals surface area contributed by atoms with E-state index in [0.717, 1.165) is 16.1 Å². The molecule has 0 aliphatic rings. The fourth-order valence-corrected chi connectivity index (χ4v) is 2.56. The van der Waals surface area contributed by atoms with Crippen molar-refractivity contribution >= 4 is 11.5 Å². The van der Waals surface area contributed by atoms with Crippen LogP contribution < -0.4 is 0 Å². The molecule has 0 aliphatic heterocycles. The summed E-state index contributed by atoms with van der Waals surface area (Å²) in [5, 5.41) is 14.5. The zero-order valence-electron chi connectivity index (χ0n) is 10.2. The molecule has 0 aliphatic carbocycles. The van der Waals surface area contributed by atoms with Crippen LogP contribution in [0.2, 0.25) is 0 Å². The number of aliphatic hydroxyl groups excluding tert-OH is 1. The summed E-state index contributed by atoms with van der Waals surface area (Å²) in [5.74, 6) is 0. The Balaban J connectivity index is 2.39. The van der Waals surface area contributed by atoms with Crippen LogP contribution in [0.4, 0.5) is 0 Å². The van der Waals surface area contributed by atoms with Crippen LogP contribution in [-0.4, -0.2) is 14.7 Å². The number of hydrogen-bond acceptors (Lipinski definition) is 4. The second-order valence-electron chi connectivity index (χ2n) is 5.05. The quantitative estimate of drug-likeness (QED) is 0.888. The van der Waals surface area contributed by atoms with Gasteiger partial charge in [0.15, 0.2) is 0 Å². The molecule has 90 valence electrons. The van der Waals surface area contributed by atoms with Crippen LogP contribution in [0.3, 0.4) is 0 Å². The van der Waals surface area contributed by atoms with E-state index in [1.54, 1.807) is 0 Å². The van der Waals surface area contributed by atoms with Crippen molar-refractivity contribution in [2.45, 2.75) is 32.3 Å². The maximum Gasteiger partial charge on any atom is 0.117 e. The summed E-state index contributed by atoms with van der Waals surface area (Å²) in [4.78, 5) is 0.837. The van der Waals surface area contributed by atoms with Crippen molar-refractivity contribution < 1.29 is 5.11 Å². The zero-order valence-corrected chi connectivity index (χ0v) is 11.0. The van der Waals surface area contributed by atoms with Gasteiger partial charge in [-0.05, 0) is 17.1 Å². The molecular weight excluding hydrogens is 232 g/mol. The molecule has 0 saturated carbocycles. The molecule has 0 saturated heterocycles. The Morgan fingerprint density at radius 3 is 2.41 bits per heavy atom. The summed E-state index contributed by atoms with van der Waals surface area (Å²) >= 11 is 1.27. The van der Waals surface area contributed by atoms with Crippen LogP contribution in [0.5, 0.6) is 0 Å². The summed E-state index contributed by atoms with van der Waals surface area (Å²) in [7, 11) is 0. The van der Waals surface area contributed by atoms with Gasteiger partial charge in [-0.3, -0.25) is 0 Å². The second-order valence-corrected chi connectivity index (χ2v) is 5.83. The predicted octanol–water partition coefficient (Wildman–Crippen LogP) is 2.92. The Morgan fingerprint density at radius 1 is 1.18 bits per heavy atom. The van der Waals surface area contributed by atoms with Crippen LogP contribution >= 0.6 is 11.5 Å². The molecule has 0 fully saturated rings. The lowest BCUT2D eigenvalue weighted by Gasteiger charge is -2.19. The van der Waals surface area contributed by atoms with E-state index in [4.69, 9.17) is 0 Å². The predicted molar refractivity (Wildman–Crippen MR) is 69.1 cm³/mol. The number of aliphatic hydroxyl groups is 1. The van der Waals surface area contributed by atoms with E-state index in [1.807, 2.05) is 30.3 Å². The molecule has 0 bridgehead atoms. The minimum absolute atomic E-state index is 0.0991. The lowest BCUT2D eigenvalue weighted by Crippen LogP contribution is -2.16. The maximum atomic E-state index is 10.4. The summed E-state index contributed by atoms with van der Waals surface area (Å²) < 4.78 is 3.97. The molecule has 2 aromatic rings. The molecule has 4 heteroatoms. The number of rotatable bonds is 2. The fraction of sp³-hybridized carbons (Fsp3) is 0.385. The van der Waals surface area contributed by atoms with E-state index in [-0.39, 0.29) is 5.41 Å². The SMILES string of the molecule is CC(C)(C)c1nnsc1C(O)c1ccccc1. The van der Waals surface area contributed by atoms with Gasteiger partial charge in [-0.15, -0.1) is 5.10 Å². The maximum absolute atomic E-state index is 10.4. The minimum atomic E-state index is -0.634. The first-order valence-electron chi connectivity index (χ1n) is 5.56. The Morgan fingerprint density at radius 2 is 1.82 bits per heavy atom. The fourth-order valence-electron chi connectivity index (χ4n) is 1.68. The highest BCUT2D eigenvalue weighted by Gasteiger charge is 2.26. The monoisotopic (exact) mass is 248 g/mol. The van der Waals surface area contributed by atoms with Gasteiger partial charge in [-0.25, -0.2) is 0 Å². The van der Waals surface area contributed by atoms with E-state index in [2.05, 4.69) is 30.4 Å². The number of nitrogens with zero attached hydrogens (tertiary/aromatic N) is 2. The Kier molecular flexibility index (Phi) is 3.26. The average Bonchev–Trinajstić information content (AvgIpc) is 2.78. The van der Waals surface area contributed by atoms with Gasteiger partial charge in [0.25, 0.3) is 0 Å². The normalized spacial score (nSPS) is 13.6. The number of benzene rings is 1. The van der Waals surface area contributed by atoms with Crippen LogP contribution in [-0.2, 0) is 5.41 Å². The summed E-state index contributed by atoms with van der Waals surface area (Å²) in [6, 6.07) is 9.60. The van der Waals surface area contributed by atoms with Crippen molar-refractivity contribution in [3.8, 4) is 0 Å². The molecule has 3 nitrogen and oxygen atoms in total. The van der Waals surface area contributed by atoms with E-state index in [9.17, 15) is 5.11 Å². The van der Waals surface area contributed by atoms with Gasteiger partial charge >= 0.3 is 0 Å². The van der Waals surface area contributed by atoms with Gasteiger partial charge in [0.2, 0.25) is 0 Å². The zero-order chi connectivity index (χ0) is 12.5. The van der Waals surface area contributed by atoms with Crippen molar-refractivity contribution in [1.29, 1.82) is 0 Å². The highest BCUT2D eigenvalue weighted by atomic mass is 32.1. The van der Waals surface area contributed by atoms with E-state index in [1.165, 1.54) is 11.5 Å². The summed E-state index contributed by atoms with van der Waals surface area (Å²) in [6.45, 7) is 6.22. The van der Waals surface area contributed by atoms with Crippen LogP contribution in [0.25, 0.3) is 0 Å². The van der Waals surface area contributed by atoms with Gasteiger partial charge in [-0.2, -0.15) is 0 Å². The molecule has 0 spiro atoms. The lowest BCUT2D eigenvalue weighted by atomic mass is 9.89. The van der Waals surface area contributed by atoms with Crippen molar-refractivity contribution in [1.82, 2.24) is 9.59 Å². The molecule has 2 rings (SSSR count). The Hall–Kier alpha value is -1.26. The van der Waals surface area contributed by atoms with Crippen molar-refractivity contribution in [3.63, 3.8) is 0 Å². The third kappa shape index (κ3) is 2.53. The third-order valence-corrected chi connectivity index (χ3v) is 3.36. The molecule has 1 atom stereocenters. The van der Waals surface area contributed by atoms with Gasteiger partial charge in [0, 0.05) is 5.41 Å². The summed E-state index contributed by atoms with van der Waals surface area (Å²) in [5.41, 5.74) is 1.65. The largest absolute Gasteiger partial charge is 0.383 e. The summed E-state index contributed by atoms with van der Waals surface area (Å²) in [6.07, 6.45) is -0.634. The van der Waals surface area contributed by atoms with E-state index >= 15 is 0 Å². The van der Waals surface area contributed by atoms with Gasteiger partial charge < -0.3 is 5.11 Å². The Labute approximate surface area is 105 Å². The molecule has 17 heavy (non-hydrogen) atoms. The molecule has 1 heterocycles.